The van der Waals surface area contributed by atoms with Gasteiger partial charge in [-0.25, -0.2) is 22.5 Å². The van der Waals surface area contributed by atoms with Gasteiger partial charge in [0, 0.05) is 19.6 Å². The summed E-state index contributed by atoms with van der Waals surface area (Å²) in [6, 6.07) is 12.8. The first kappa shape index (κ1) is 20.9. The molecule has 3 N–H and O–H groups in total. The maximum Gasteiger partial charge on any atom is 0.240 e. The molecule has 2 rings (SSSR count). The van der Waals surface area contributed by atoms with Gasteiger partial charge in [-0.05, 0) is 43.7 Å². The summed E-state index contributed by atoms with van der Waals surface area (Å²) in [5.41, 5.74) is 1.89. The summed E-state index contributed by atoms with van der Waals surface area (Å²) in [6.07, 6.45) is 0. The van der Waals surface area contributed by atoms with E-state index in [1.165, 1.54) is 12.1 Å². The number of hydrogen-bond acceptors (Lipinski definition) is 3. The molecule has 2 aromatic rings. The lowest BCUT2D eigenvalue weighted by Crippen LogP contribution is -2.41. The van der Waals surface area contributed by atoms with Crippen LogP contribution in [0.25, 0.3) is 0 Å². The van der Waals surface area contributed by atoms with E-state index in [0.29, 0.717) is 25.6 Å². The maximum absolute atomic E-state index is 12.9. The first-order valence-corrected chi connectivity index (χ1v) is 10.2. The molecule has 0 saturated heterocycles. The van der Waals surface area contributed by atoms with Crippen molar-refractivity contribution in [3.63, 3.8) is 0 Å². The lowest BCUT2D eigenvalue weighted by atomic mass is 10.2. The molecule has 6 nitrogen and oxygen atoms in total. The molecule has 0 aromatic heterocycles. The van der Waals surface area contributed by atoms with Gasteiger partial charge in [0.05, 0.1) is 11.4 Å². The fourth-order valence-corrected chi connectivity index (χ4v) is 3.30. The Hall–Kier alpha value is -2.45. The molecule has 0 aliphatic heterocycles. The van der Waals surface area contributed by atoms with Gasteiger partial charge in [0.15, 0.2) is 5.96 Å². The quantitative estimate of drug-likeness (QED) is 0.365. The van der Waals surface area contributed by atoms with Gasteiger partial charge in [-0.2, -0.15) is 0 Å². The Morgan fingerprint density at radius 1 is 1.00 bits per heavy atom. The summed E-state index contributed by atoms with van der Waals surface area (Å²) in [4.78, 5) is 4.65. The van der Waals surface area contributed by atoms with E-state index in [0.717, 1.165) is 11.1 Å². The van der Waals surface area contributed by atoms with Crippen LogP contribution in [0.15, 0.2) is 58.4 Å². The normalized spacial score (nSPS) is 12.0. The van der Waals surface area contributed by atoms with Crippen LogP contribution in [0.3, 0.4) is 0 Å². The van der Waals surface area contributed by atoms with Crippen molar-refractivity contribution in [3.8, 4) is 0 Å². The molecule has 0 bridgehead atoms. The Labute approximate surface area is 160 Å². The highest BCUT2D eigenvalue weighted by molar-refractivity contribution is 7.89. The predicted octanol–water partition coefficient (Wildman–Crippen LogP) is 2.17. The van der Waals surface area contributed by atoms with Crippen molar-refractivity contribution in [2.45, 2.75) is 25.3 Å². The number of benzene rings is 2. The van der Waals surface area contributed by atoms with Gasteiger partial charge in [-0.3, -0.25) is 0 Å². The molecule has 0 atom stereocenters. The van der Waals surface area contributed by atoms with Crippen LogP contribution < -0.4 is 15.4 Å². The number of guanidine groups is 1. The molecule has 0 unspecified atom stereocenters. The second-order valence-electron chi connectivity index (χ2n) is 5.96. The third-order valence-corrected chi connectivity index (χ3v) is 5.19. The minimum Gasteiger partial charge on any atom is -0.357 e. The van der Waals surface area contributed by atoms with Crippen molar-refractivity contribution < 1.29 is 12.8 Å². The Bertz CT molecular complexity index is 850. The molecule has 0 saturated carbocycles. The number of halogens is 1. The van der Waals surface area contributed by atoms with E-state index in [4.69, 9.17) is 0 Å². The Morgan fingerprint density at radius 3 is 2.30 bits per heavy atom. The van der Waals surface area contributed by atoms with Crippen LogP contribution in [0, 0.1) is 12.7 Å². The van der Waals surface area contributed by atoms with E-state index in [9.17, 15) is 12.8 Å². The number of nitrogens with one attached hydrogen (secondary N) is 3. The molecule has 0 amide bonds. The number of aliphatic imine (C=N–C) groups is 1. The van der Waals surface area contributed by atoms with Crippen molar-refractivity contribution in [1.82, 2.24) is 15.4 Å². The molecule has 0 heterocycles. The van der Waals surface area contributed by atoms with Gasteiger partial charge >= 0.3 is 0 Å². The molecule has 0 radical (unpaired) electrons. The van der Waals surface area contributed by atoms with Gasteiger partial charge in [0.1, 0.15) is 5.82 Å². The zero-order valence-corrected chi connectivity index (χ0v) is 16.3. The number of hydrogen-bond donors (Lipinski definition) is 3. The SMILES string of the molecule is CCNC(=NCc1ccc(F)cc1)NCCNS(=O)(=O)c1ccc(C)cc1. The fourth-order valence-electron chi connectivity index (χ4n) is 2.27. The van der Waals surface area contributed by atoms with Crippen LogP contribution in [-0.2, 0) is 16.6 Å². The van der Waals surface area contributed by atoms with Gasteiger partial charge in [0.25, 0.3) is 0 Å². The van der Waals surface area contributed by atoms with Gasteiger partial charge in [-0.1, -0.05) is 29.8 Å². The molecule has 8 heteroatoms. The van der Waals surface area contributed by atoms with E-state index in [1.54, 1.807) is 36.4 Å². The highest BCUT2D eigenvalue weighted by Crippen LogP contribution is 2.09. The summed E-state index contributed by atoms with van der Waals surface area (Å²) < 4.78 is 40.0. The predicted molar refractivity (Wildman–Crippen MR) is 106 cm³/mol. The van der Waals surface area contributed by atoms with Gasteiger partial charge in [-0.15, -0.1) is 0 Å². The molecule has 146 valence electrons. The molecular formula is C19H25FN4O2S. The van der Waals surface area contributed by atoms with Gasteiger partial charge in [0.2, 0.25) is 10.0 Å². The first-order valence-electron chi connectivity index (χ1n) is 8.73. The largest absolute Gasteiger partial charge is 0.357 e. The second kappa shape index (κ2) is 10.0. The minimum absolute atomic E-state index is 0.219. The third kappa shape index (κ3) is 6.99. The summed E-state index contributed by atoms with van der Waals surface area (Å²) in [5, 5.41) is 6.16. The number of aryl methyl sites for hydroxylation is 1. The van der Waals surface area contributed by atoms with Crippen LogP contribution in [0.1, 0.15) is 18.1 Å². The van der Waals surface area contributed by atoms with E-state index >= 15 is 0 Å². The number of rotatable bonds is 8. The molecule has 0 spiro atoms. The van der Waals surface area contributed by atoms with E-state index in [1.807, 2.05) is 13.8 Å². The average Bonchev–Trinajstić information content (AvgIpc) is 2.65. The number of nitrogens with zero attached hydrogens (tertiary/aromatic N) is 1. The third-order valence-electron chi connectivity index (χ3n) is 3.72. The average molecular weight is 393 g/mol. The first-order chi connectivity index (χ1) is 12.9. The highest BCUT2D eigenvalue weighted by atomic mass is 32.2. The highest BCUT2D eigenvalue weighted by Gasteiger charge is 2.12. The molecule has 0 aliphatic rings. The second-order valence-corrected chi connectivity index (χ2v) is 7.73. The van der Waals surface area contributed by atoms with Crippen LogP contribution in [0.5, 0.6) is 0 Å². The molecule has 2 aromatic carbocycles. The van der Waals surface area contributed by atoms with Crippen molar-refractivity contribution >= 4 is 16.0 Å². The topological polar surface area (TPSA) is 82.6 Å². The smallest absolute Gasteiger partial charge is 0.240 e. The van der Waals surface area contributed by atoms with Crippen molar-refractivity contribution in [3.05, 3.63) is 65.5 Å². The molecule has 0 fully saturated rings. The zero-order chi connectivity index (χ0) is 19.7. The van der Waals surface area contributed by atoms with Crippen molar-refractivity contribution in [1.29, 1.82) is 0 Å². The Morgan fingerprint density at radius 2 is 1.67 bits per heavy atom. The minimum atomic E-state index is -3.53. The number of sulfonamides is 1. The molecule has 27 heavy (non-hydrogen) atoms. The van der Waals surface area contributed by atoms with E-state index in [-0.39, 0.29) is 17.3 Å². The van der Waals surface area contributed by atoms with E-state index in [2.05, 4.69) is 20.3 Å². The summed E-state index contributed by atoms with van der Waals surface area (Å²) in [6.45, 7) is 5.50. The summed E-state index contributed by atoms with van der Waals surface area (Å²) in [5.74, 6) is 0.282. The van der Waals surface area contributed by atoms with Crippen molar-refractivity contribution in [2.75, 3.05) is 19.6 Å². The van der Waals surface area contributed by atoms with Crippen LogP contribution >= 0.6 is 0 Å². The van der Waals surface area contributed by atoms with Crippen molar-refractivity contribution in [2.24, 2.45) is 4.99 Å². The molecular weight excluding hydrogens is 367 g/mol. The molecule has 0 aliphatic carbocycles. The fraction of sp³-hybridized carbons (Fsp3) is 0.316. The van der Waals surface area contributed by atoms with Crippen LogP contribution in [-0.4, -0.2) is 34.0 Å². The van der Waals surface area contributed by atoms with Crippen LogP contribution in [0.4, 0.5) is 4.39 Å². The zero-order valence-electron chi connectivity index (χ0n) is 15.5. The van der Waals surface area contributed by atoms with Crippen LogP contribution in [0.2, 0.25) is 0 Å². The standard InChI is InChI=1S/C19H25FN4O2S/c1-3-21-19(23-14-16-6-8-17(20)9-7-16)22-12-13-24-27(25,26)18-10-4-15(2)5-11-18/h4-11,24H,3,12-14H2,1-2H3,(H2,21,22,23). The summed E-state index contributed by atoms with van der Waals surface area (Å²) in [7, 11) is -3.53. The monoisotopic (exact) mass is 392 g/mol. The summed E-state index contributed by atoms with van der Waals surface area (Å²) >= 11 is 0. The van der Waals surface area contributed by atoms with E-state index < -0.39 is 10.0 Å². The lowest BCUT2D eigenvalue weighted by Gasteiger charge is -2.12. The lowest BCUT2D eigenvalue weighted by molar-refractivity contribution is 0.580. The Kier molecular flexibility index (Phi) is 7.75. The van der Waals surface area contributed by atoms with Gasteiger partial charge < -0.3 is 10.6 Å². The maximum atomic E-state index is 12.9. The Balaban J connectivity index is 1.85.